The van der Waals surface area contributed by atoms with Crippen LogP contribution in [-0.2, 0) is 17.4 Å². The van der Waals surface area contributed by atoms with Crippen molar-refractivity contribution in [3.63, 3.8) is 0 Å². The smallest absolute Gasteiger partial charge is 0.222 e. The molecule has 0 aromatic carbocycles. The number of hydrogen-bond acceptors (Lipinski definition) is 4. The van der Waals surface area contributed by atoms with Crippen LogP contribution in [0.3, 0.4) is 0 Å². The Labute approximate surface area is 107 Å². The Hall–Kier alpha value is -1.65. The van der Waals surface area contributed by atoms with E-state index in [1.165, 1.54) is 6.39 Å². The topological polar surface area (TPSA) is 56.7 Å². The maximum Gasteiger partial charge on any atom is 0.222 e. The van der Waals surface area contributed by atoms with E-state index in [0.29, 0.717) is 5.89 Å². The Morgan fingerprint density at radius 2 is 1.94 bits per heavy atom. The van der Waals surface area contributed by atoms with Gasteiger partial charge >= 0.3 is 0 Å². The van der Waals surface area contributed by atoms with Gasteiger partial charge in [-0.1, -0.05) is 13.8 Å². The predicted octanol–water partition coefficient (Wildman–Crippen LogP) is 2.54. The number of nitrogens with zero attached hydrogens (tertiary/aromatic N) is 4. The van der Waals surface area contributed by atoms with E-state index >= 15 is 0 Å². The van der Waals surface area contributed by atoms with Crippen molar-refractivity contribution in [3.05, 3.63) is 30.2 Å². The average molecular weight is 248 g/mol. The van der Waals surface area contributed by atoms with Crippen molar-refractivity contribution < 1.29 is 4.42 Å². The third-order valence-electron chi connectivity index (χ3n) is 2.89. The number of hydrogen-bond donors (Lipinski definition) is 0. The van der Waals surface area contributed by atoms with Crippen LogP contribution in [0.4, 0.5) is 0 Å². The molecule has 5 nitrogen and oxygen atoms in total. The van der Waals surface area contributed by atoms with Crippen LogP contribution in [0.1, 0.15) is 46.2 Å². The zero-order valence-electron chi connectivity index (χ0n) is 11.6. The zero-order chi connectivity index (χ0) is 13.4. The molecule has 0 atom stereocenters. The molecule has 0 saturated heterocycles. The lowest BCUT2D eigenvalue weighted by Gasteiger charge is -2.20. The monoisotopic (exact) mass is 248 g/mol. The Kier molecular flexibility index (Phi) is 3.00. The maximum atomic E-state index is 5.29. The van der Waals surface area contributed by atoms with Gasteiger partial charge in [-0.25, -0.2) is 0 Å². The van der Waals surface area contributed by atoms with Gasteiger partial charge in [-0.2, -0.15) is 5.10 Å². The molecule has 0 saturated carbocycles. The molecule has 0 aliphatic heterocycles. The van der Waals surface area contributed by atoms with Gasteiger partial charge in [0.1, 0.15) is 0 Å². The van der Waals surface area contributed by atoms with Crippen molar-refractivity contribution in [1.29, 1.82) is 0 Å². The Bertz CT molecular complexity index is 505. The van der Waals surface area contributed by atoms with E-state index in [1.54, 1.807) is 0 Å². The summed E-state index contributed by atoms with van der Waals surface area (Å²) in [6.45, 7) is 10.6. The first-order valence-electron chi connectivity index (χ1n) is 6.11. The molecular weight excluding hydrogens is 228 g/mol. The van der Waals surface area contributed by atoms with E-state index in [2.05, 4.69) is 49.9 Å². The summed E-state index contributed by atoms with van der Waals surface area (Å²) in [4.78, 5) is 0. The van der Waals surface area contributed by atoms with Crippen molar-refractivity contribution in [1.82, 2.24) is 20.0 Å². The lowest BCUT2D eigenvalue weighted by molar-refractivity contribution is 0.341. The van der Waals surface area contributed by atoms with E-state index in [4.69, 9.17) is 4.42 Å². The van der Waals surface area contributed by atoms with Crippen molar-refractivity contribution >= 4 is 0 Å². The highest BCUT2D eigenvalue weighted by molar-refractivity contribution is 5.10. The van der Waals surface area contributed by atoms with Crippen LogP contribution in [0.2, 0.25) is 0 Å². The fraction of sp³-hybridized carbons (Fsp3) is 0.615. The van der Waals surface area contributed by atoms with Gasteiger partial charge < -0.3 is 4.42 Å². The lowest BCUT2D eigenvalue weighted by Crippen LogP contribution is -2.24. The summed E-state index contributed by atoms with van der Waals surface area (Å²) in [5.41, 5.74) is 0.841. The van der Waals surface area contributed by atoms with E-state index in [0.717, 1.165) is 12.1 Å². The largest absolute Gasteiger partial charge is 0.427 e. The average Bonchev–Trinajstić information content (AvgIpc) is 2.83. The number of aromatic nitrogens is 4. The quantitative estimate of drug-likeness (QED) is 0.837. The fourth-order valence-corrected chi connectivity index (χ4v) is 1.83. The van der Waals surface area contributed by atoms with Crippen molar-refractivity contribution in [2.24, 2.45) is 0 Å². The molecule has 5 heteroatoms. The standard InChI is InChI=1S/C13H20N4O/c1-12(2,3)17-7-6-10(16-17)8-13(4,5)11-15-14-9-18-11/h6-7,9H,8H2,1-5H3. The third kappa shape index (κ3) is 2.60. The SMILES string of the molecule is CC(C)(Cc1ccn(C(C)(C)C)n1)c1nnco1. The second-order valence-corrected chi connectivity index (χ2v) is 6.23. The highest BCUT2D eigenvalue weighted by Gasteiger charge is 2.28. The zero-order valence-corrected chi connectivity index (χ0v) is 11.6. The summed E-state index contributed by atoms with van der Waals surface area (Å²) in [6.07, 6.45) is 4.16. The van der Waals surface area contributed by atoms with E-state index in [1.807, 2.05) is 16.9 Å². The second kappa shape index (κ2) is 4.23. The maximum absolute atomic E-state index is 5.29. The van der Waals surface area contributed by atoms with E-state index < -0.39 is 0 Å². The molecule has 0 amide bonds. The molecule has 0 unspecified atom stereocenters. The summed E-state index contributed by atoms with van der Waals surface area (Å²) in [5, 5.41) is 12.3. The van der Waals surface area contributed by atoms with Crippen molar-refractivity contribution in [2.75, 3.05) is 0 Å². The summed E-state index contributed by atoms with van der Waals surface area (Å²) >= 11 is 0. The van der Waals surface area contributed by atoms with Gasteiger partial charge in [-0.3, -0.25) is 4.68 Å². The molecule has 2 aromatic heterocycles. The summed E-state index contributed by atoms with van der Waals surface area (Å²) in [6, 6.07) is 2.05. The minimum absolute atomic E-state index is 0.00683. The Morgan fingerprint density at radius 1 is 1.22 bits per heavy atom. The highest BCUT2D eigenvalue weighted by atomic mass is 16.4. The van der Waals surface area contributed by atoms with Crippen LogP contribution in [0.15, 0.2) is 23.1 Å². The van der Waals surface area contributed by atoms with Gasteiger partial charge in [0.25, 0.3) is 0 Å². The molecule has 0 radical (unpaired) electrons. The minimum Gasteiger partial charge on any atom is -0.427 e. The van der Waals surface area contributed by atoms with Crippen molar-refractivity contribution in [3.8, 4) is 0 Å². The summed E-state index contributed by atoms with van der Waals surface area (Å²) < 4.78 is 7.27. The van der Waals surface area contributed by atoms with Gasteiger partial charge in [-0.05, 0) is 26.8 Å². The molecule has 0 fully saturated rings. The number of rotatable bonds is 3. The van der Waals surface area contributed by atoms with Gasteiger partial charge in [0.15, 0.2) is 0 Å². The first kappa shape index (κ1) is 12.8. The molecule has 2 rings (SSSR count). The molecule has 0 aliphatic carbocycles. The third-order valence-corrected chi connectivity index (χ3v) is 2.89. The molecule has 2 heterocycles. The van der Waals surface area contributed by atoms with Gasteiger partial charge in [0.2, 0.25) is 12.3 Å². The molecule has 0 N–H and O–H groups in total. The van der Waals surface area contributed by atoms with Crippen LogP contribution >= 0.6 is 0 Å². The van der Waals surface area contributed by atoms with Crippen molar-refractivity contribution in [2.45, 2.75) is 52.0 Å². The second-order valence-electron chi connectivity index (χ2n) is 6.23. The Morgan fingerprint density at radius 3 is 2.44 bits per heavy atom. The molecule has 0 bridgehead atoms. The fourth-order valence-electron chi connectivity index (χ4n) is 1.83. The first-order chi connectivity index (χ1) is 8.29. The van der Waals surface area contributed by atoms with E-state index in [-0.39, 0.29) is 11.0 Å². The highest BCUT2D eigenvalue weighted by Crippen LogP contribution is 2.25. The molecule has 2 aromatic rings. The summed E-state index contributed by atoms with van der Waals surface area (Å²) in [5.74, 6) is 0.646. The molecule has 18 heavy (non-hydrogen) atoms. The van der Waals surface area contributed by atoms with Crippen LogP contribution in [0.25, 0.3) is 0 Å². The molecule has 0 aliphatic rings. The minimum atomic E-state index is -0.201. The predicted molar refractivity (Wildman–Crippen MR) is 68.3 cm³/mol. The van der Waals surface area contributed by atoms with Crippen LogP contribution in [0.5, 0.6) is 0 Å². The molecular formula is C13H20N4O. The Balaban J connectivity index is 2.17. The first-order valence-corrected chi connectivity index (χ1v) is 6.11. The van der Waals surface area contributed by atoms with Crippen LogP contribution in [0, 0.1) is 0 Å². The lowest BCUT2D eigenvalue weighted by atomic mass is 9.88. The summed E-state index contributed by atoms with van der Waals surface area (Å²) in [7, 11) is 0. The normalized spacial score (nSPS) is 12.9. The van der Waals surface area contributed by atoms with Crippen LogP contribution < -0.4 is 0 Å². The van der Waals surface area contributed by atoms with Gasteiger partial charge in [0.05, 0.1) is 11.2 Å². The van der Waals surface area contributed by atoms with Crippen LogP contribution in [-0.4, -0.2) is 20.0 Å². The molecule has 98 valence electrons. The van der Waals surface area contributed by atoms with Gasteiger partial charge in [0, 0.05) is 18.0 Å². The van der Waals surface area contributed by atoms with Gasteiger partial charge in [-0.15, -0.1) is 10.2 Å². The molecule has 0 spiro atoms. The van der Waals surface area contributed by atoms with E-state index in [9.17, 15) is 0 Å².